The maximum absolute atomic E-state index is 14.2. The van der Waals surface area contributed by atoms with Crippen molar-refractivity contribution in [1.82, 2.24) is 0 Å². The van der Waals surface area contributed by atoms with Gasteiger partial charge < -0.3 is 0 Å². The number of hydrogen-bond acceptors (Lipinski definition) is 1. The molecule has 0 unspecified atom stereocenters. The average Bonchev–Trinajstić information content (AvgIpc) is 2.47. The average molecular weight is 237 g/mol. The van der Waals surface area contributed by atoms with Gasteiger partial charge in [0.1, 0.15) is 0 Å². The van der Waals surface area contributed by atoms with Gasteiger partial charge in [-0.15, -0.1) is 0 Å². The molecule has 0 amide bonds. The first-order valence-corrected chi connectivity index (χ1v) is 5.84. The molecule has 0 saturated carbocycles. The van der Waals surface area contributed by atoms with Crippen molar-refractivity contribution in [3.8, 4) is 0 Å². The van der Waals surface area contributed by atoms with Crippen LogP contribution in [0.5, 0.6) is 0 Å². The molecule has 0 aromatic heterocycles. The molecule has 0 radical (unpaired) electrons. The van der Waals surface area contributed by atoms with Crippen molar-refractivity contribution in [3.63, 3.8) is 0 Å². The van der Waals surface area contributed by atoms with Gasteiger partial charge in [-0.1, -0.05) is 53.0 Å². The molecule has 18 heavy (non-hydrogen) atoms. The van der Waals surface area contributed by atoms with E-state index in [2.05, 4.69) is 0 Å². The van der Waals surface area contributed by atoms with Crippen LogP contribution in [-0.2, 0) is 0 Å². The van der Waals surface area contributed by atoms with Gasteiger partial charge in [0.15, 0.2) is 0 Å². The van der Waals surface area contributed by atoms with Crippen molar-refractivity contribution < 1.29 is 4.48 Å². The smallest absolute Gasteiger partial charge is 0.0753 e. The van der Waals surface area contributed by atoms with Crippen LogP contribution in [0.15, 0.2) is 72.8 Å². The molecular weight excluding hydrogens is 225 g/mol. The summed E-state index contributed by atoms with van der Waals surface area (Å²) < 4.78 is 14.2. The van der Waals surface area contributed by atoms with Gasteiger partial charge in [-0.05, 0) is 35.0 Å². The highest BCUT2D eigenvalue weighted by Gasteiger charge is 2.07. The van der Waals surface area contributed by atoms with Crippen molar-refractivity contribution in [2.45, 2.75) is 0 Å². The predicted molar refractivity (Wildman–Crippen MR) is 73.6 cm³/mol. The molecule has 0 fully saturated rings. The fourth-order valence-corrected chi connectivity index (χ4v) is 2.01. The molecule has 0 bridgehead atoms. The van der Waals surface area contributed by atoms with Crippen LogP contribution >= 0.6 is 0 Å². The Morgan fingerprint density at radius 3 is 2.06 bits per heavy atom. The summed E-state index contributed by atoms with van der Waals surface area (Å²) in [6.45, 7) is 0. The standard InChI is InChI=1S/C16H12FN/c17-18(15-8-2-1-3-9-15)16-11-10-13-6-4-5-7-14(13)12-16/h1-12H. The molecule has 3 aromatic carbocycles. The molecule has 0 spiro atoms. The summed E-state index contributed by atoms with van der Waals surface area (Å²) in [6.07, 6.45) is 0. The van der Waals surface area contributed by atoms with E-state index in [4.69, 9.17) is 0 Å². The summed E-state index contributed by atoms with van der Waals surface area (Å²) in [5.74, 6) is 0. The summed E-state index contributed by atoms with van der Waals surface area (Å²) in [6, 6.07) is 22.5. The predicted octanol–water partition coefficient (Wildman–Crippen LogP) is 4.86. The summed E-state index contributed by atoms with van der Waals surface area (Å²) >= 11 is 0. The first-order valence-electron chi connectivity index (χ1n) is 5.84. The minimum absolute atomic E-state index is 0.535. The van der Waals surface area contributed by atoms with Gasteiger partial charge in [0.05, 0.1) is 11.4 Å². The van der Waals surface area contributed by atoms with Crippen molar-refractivity contribution in [2.75, 3.05) is 5.12 Å². The number of hydrogen-bond donors (Lipinski definition) is 0. The molecule has 0 atom stereocenters. The lowest BCUT2D eigenvalue weighted by Crippen LogP contribution is -2.02. The third-order valence-electron chi connectivity index (χ3n) is 2.94. The van der Waals surface area contributed by atoms with E-state index in [0.29, 0.717) is 16.5 Å². The maximum atomic E-state index is 14.2. The number of halogens is 1. The highest BCUT2D eigenvalue weighted by molar-refractivity contribution is 5.86. The van der Waals surface area contributed by atoms with E-state index in [-0.39, 0.29) is 0 Å². The minimum Gasteiger partial charge on any atom is -0.180 e. The summed E-state index contributed by atoms with van der Waals surface area (Å²) in [7, 11) is 0. The second kappa shape index (κ2) is 4.49. The van der Waals surface area contributed by atoms with E-state index in [9.17, 15) is 4.48 Å². The van der Waals surface area contributed by atoms with Gasteiger partial charge in [0.25, 0.3) is 0 Å². The van der Waals surface area contributed by atoms with E-state index < -0.39 is 0 Å². The van der Waals surface area contributed by atoms with E-state index in [0.717, 1.165) is 10.8 Å². The molecule has 0 heterocycles. The number of anilines is 2. The van der Waals surface area contributed by atoms with Gasteiger partial charge >= 0.3 is 0 Å². The zero-order chi connectivity index (χ0) is 12.4. The van der Waals surface area contributed by atoms with Crippen LogP contribution in [-0.4, -0.2) is 0 Å². The van der Waals surface area contributed by atoms with Crippen LogP contribution in [0.4, 0.5) is 15.9 Å². The molecular formula is C16H12FN. The van der Waals surface area contributed by atoms with Gasteiger partial charge in [0.2, 0.25) is 0 Å². The van der Waals surface area contributed by atoms with Crippen molar-refractivity contribution in [3.05, 3.63) is 72.8 Å². The zero-order valence-electron chi connectivity index (χ0n) is 9.75. The van der Waals surface area contributed by atoms with Gasteiger partial charge in [0, 0.05) is 0 Å². The fraction of sp³-hybridized carbons (Fsp3) is 0. The Labute approximate surface area is 105 Å². The Bertz CT molecular complexity index is 664. The van der Waals surface area contributed by atoms with Crippen LogP contribution in [0.2, 0.25) is 0 Å². The first-order chi connectivity index (χ1) is 8.84. The van der Waals surface area contributed by atoms with Gasteiger partial charge in [-0.2, -0.15) is 5.12 Å². The number of rotatable bonds is 2. The molecule has 88 valence electrons. The van der Waals surface area contributed by atoms with Crippen LogP contribution in [0.25, 0.3) is 10.8 Å². The minimum atomic E-state index is 0.535. The monoisotopic (exact) mass is 237 g/mol. The van der Waals surface area contributed by atoms with E-state index in [1.54, 1.807) is 18.2 Å². The van der Waals surface area contributed by atoms with Crippen molar-refractivity contribution >= 4 is 22.1 Å². The fourth-order valence-electron chi connectivity index (χ4n) is 2.01. The number of para-hydroxylation sites is 1. The molecule has 1 nitrogen and oxygen atoms in total. The summed E-state index contributed by atoms with van der Waals surface area (Å²) in [5.41, 5.74) is 1.08. The number of benzene rings is 3. The second-order valence-corrected chi connectivity index (χ2v) is 4.15. The van der Waals surface area contributed by atoms with E-state index in [1.165, 1.54) is 0 Å². The lowest BCUT2D eigenvalue weighted by atomic mass is 10.1. The Kier molecular flexibility index (Phi) is 2.69. The molecule has 3 rings (SSSR count). The van der Waals surface area contributed by atoms with Crippen LogP contribution in [0.1, 0.15) is 0 Å². The van der Waals surface area contributed by atoms with Crippen molar-refractivity contribution in [1.29, 1.82) is 0 Å². The normalized spacial score (nSPS) is 10.5. The second-order valence-electron chi connectivity index (χ2n) is 4.15. The zero-order valence-corrected chi connectivity index (χ0v) is 9.75. The SMILES string of the molecule is FN(c1ccccc1)c1ccc2ccccc2c1. The molecule has 3 aromatic rings. The Hall–Kier alpha value is -2.35. The van der Waals surface area contributed by atoms with Crippen LogP contribution in [0.3, 0.4) is 0 Å². The number of nitrogens with zero attached hydrogens (tertiary/aromatic N) is 1. The molecule has 0 saturated heterocycles. The highest BCUT2D eigenvalue weighted by Crippen LogP contribution is 2.28. The molecule has 0 aliphatic carbocycles. The van der Waals surface area contributed by atoms with Gasteiger partial charge in [-0.25, -0.2) is 0 Å². The third-order valence-corrected chi connectivity index (χ3v) is 2.94. The van der Waals surface area contributed by atoms with Crippen molar-refractivity contribution in [2.24, 2.45) is 0 Å². The van der Waals surface area contributed by atoms with E-state index >= 15 is 0 Å². The van der Waals surface area contributed by atoms with Crippen LogP contribution < -0.4 is 5.12 Å². The summed E-state index contributed by atoms with van der Waals surface area (Å²) in [5, 5.41) is 2.85. The van der Waals surface area contributed by atoms with Gasteiger partial charge in [-0.3, -0.25) is 0 Å². The molecule has 0 aliphatic heterocycles. The Morgan fingerprint density at radius 2 is 1.28 bits per heavy atom. The highest BCUT2D eigenvalue weighted by atomic mass is 19.2. The lowest BCUT2D eigenvalue weighted by molar-refractivity contribution is 0.505. The first kappa shape index (κ1) is 10.8. The lowest BCUT2D eigenvalue weighted by Gasteiger charge is -2.14. The quantitative estimate of drug-likeness (QED) is 0.575. The Balaban J connectivity index is 2.04. The number of fused-ring (bicyclic) bond motifs is 1. The summed E-state index contributed by atoms with van der Waals surface area (Å²) in [4.78, 5) is 0. The largest absolute Gasteiger partial charge is 0.180 e. The van der Waals surface area contributed by atoms with E-state index in [1.807, 2.05) is 54.6 Å². The molecule has 2 heteroatoms. The van der Waals surface area contributed by atoms with Crippen LogP contribution in [0, 0.1) is 0 Å². The topological polar surface area (TPSA) is 3.24 Å². The third kappa shape index (κ3) is 1.93. The Morgan fingerprint density at radius 1 is 0.611 bits per heavy atom. The molecule has 0 N–H and O–H groups in total. The molecule has 0 aliphatic rings. The maximum Gasteiger partial charge on any atom is 0.0753 e.